The predicted molar refractivity (Wildman–Crippen MR) is 204 cm³/mol. The molecule has 12 nitrogen and oxygen atoms in total. The van der Waals surface area contributed by atoms with Crippen LogP contribution in [0.3, 0.4) is 0 Å². The number of ether oxygens (including phenoxy) is 2. The number of carbonyl (C=O) groups excluding carboxylic acids is 2. The summed E-state index contributed by atoms with van der Waals surface area (Å²) in [7, 11) is 0. The van der Waals surface area contributed by atoms with Gasteiger partial charge in [0, 0.05) is 61.9 Å². The molecule has 4 aliphatic heterocycles. The van der Waals surface area contributed by atoms with Crippen LogP contribution in [-0.2, 0) is 21.9 Å². The normalized spacial score (nSPS) is 22.4. The molecule has 21 heteroatoms. The lowest BCUT2D eigenvalue weighted by Gasteiger charge is -2.38. The standard InChI is InChI=1S/C39H38F8N8O4S/c1-3-55(21-7-10-52(15-21)36(57)59-22-16-53(17-22)19(2)56)34-24-11-26(38(42,43)44)29(23-5-6-27(41)32-28(23)25(13-48)33(49)60-32)30(39(45,46)47)31(24)50-35(51-34)58-18-37-8-4-9-54(37)14-20(40)12-37/h5-6,11,20-22H,3-4,7-10,12,14-18,49H2,1-2H3. The molecular weight excluding hydrogens is 829 g/mol. The zero-order chi connectivity index (χ0) is 43.1. The van der Waals surface area contributed by atoms with Gasteiger partial charge in [0.15, 0.2) is 0 Å². The van der Waals surface area contributed by atoms with Gasteiger partial charge in [0.2, 0.25) is 5.91 Å². The first kappa shape index (κ1) is 41.5. The first-order valence-corrected chi connectivity index (χ1v) is 20.1. The van der Waals surface area contributed by atoms with E-state index in [2.05, 4.69) is 9.97 Å². The topological polar surface area (TPSA) is 141 Å². The second-order valence-electron chi connectivity index (χ2n) is 15.6. The maximum absolute atomic E-state index is 15.8. The van der Waals surface area contributed by atoms with Crippen molar-refractivity contribution in [1.29, 1.82) is 5.26 Å². The molecule has 0 saturated carbocycles. The van der Waals surface area contributed by atoms with Gasteiger partial charge in [-0.3, -0.25) is 9.69 Å². The number of rotatable bonds is 8. The molecule has 0 bridgehead atoms. The first-order chi connectivity index (χ1) is 28.3. The van der Waals surface area contributed by atoms with Gasteiger partial charge in [-0.15, -0.1) is 11.3 Å². The third-order valence-corrected chi connectivity index (χ3v) is 13.0. The van der Waals surface area contributed by atoms with Crippen molar-refractivity contribution in [2.75, 3.05) is 63.1 Å². The lowest BCUT2D eigenvalue weighted by atomic mass is 9.88. The Kier molecular flexibility index (Phi) is 10.4. The maximum atomic E-state index is 15.8. The molecule has 3 unspecified atom stereocenters. The van der Waals surface area contributed by atoms with Crippen molar-refractivity contribution in [2.45, 2.75) is 75.7 Å². The monoisotopic (exact) mass is 866 g/mol. The van der Waals surface area contributed by atoms with Gasteiger partial charge in [-0.25, -0.2) is 13.6 Å². The van der Waals surface area contributed by atoms with E-state index in [1.54, 1.807) is 13.0 Å². The van der Waals surface area contributed by atoms with Crippen LogP contribution in [0, 0.1) is 17.1 Å². The van der Waals surface area contributed by atoms with E-state index in [0.717, 1.165) is 6.07 Å². The molecule has 0 radical (unpaired) electrons. The van der Waals surface area contributed by atoms with Crippen molar-refractivity contribution < 1.29 is 54.2 Å². The number of halogens is 8. The van der Waals surface area contributed by atoms with Crippen LogP contribution >= 0.6 is 11.3 Å². The number of anilines is 2. The molecule has 0 aliphatic carbocycles. The molecule has 3 atom stereocenters. The molecular formula is C39H38F8N8O4S. The Bertz CT molecular complexity index is 2430. The number of nitriles is 1. The lowest BCUT2D eigenvalue weighted by molar-refractivity contribution is -0.141. The summed E-state index contributed by atoms with van der Waals surface area (Å²) in [6, 6.07) is 2.40. The largest absolute Gasteiger partial charge is 0.461 e. The SMILES string of the molecule is CCN(c1nc(OCC23CCCN2CC(F)C3)nc2c(C(F)(F)F)c(-c3ccc(F)c4sc(N)c(C#N)c34)c(C(F)(F)F)cc12)C1CCN(C(=O)OC2CN(C(C)=O)C2)C1. The fourth-order valence-corrected chi connectivity index (χ4v) is 10.1. The number of amides is 2. The minimum absolute atomic E-state index is 0.000696. The number of likely N-dealkylation sites (tertiary alicyclic amines) is 2. The van der Waals surface area contributed by atoms with Crippen LogP contribution in [0.1, 0.15) is 56.2 Å². The average Bonchev–Trinajstić information content (AvgIpc) is 3.93. The number of nitrogens with zero attached hydrogens (tertiary/aromatic N) is 7. The number of aromatic nitrogens is 2. The van der Waals surface area contributed by atoms with E-state index in [0.29, 0.717) is 42.9 Å². The molecule has 2 aromatic carbocycles. The van der Waals surface area contributed by atoms with Crippen LogP contribution in [0.15, 0.2) is 18.2 Å². The summed E-state index contributed by atoms with van der Waals surface area (Å²) in [6.07, 6.45) is -11.9. The summed E-state index contributed by atoms with van der Waals surface area (Å²) >= 11 is 0.514. The van der Waals surface area contributed by atoms with Crippen LogP contribution < -0.4 is 15.4 Å². The molecule has 320 valence electrons. The number of likely N-dealkylation sites (N-methyl/N-ethyl adjacent to an activating group) is 1. The quantitative estimate of drug-likeness (QED) is 0.179. The average molecular weight is 867 g/mol. The molecule has 0 spiro atoms. The van der Waals surface area contributed by atoms with Gasteiger partial charge in [0.25, 0.3) is 0 Å². The Labute approximate surface area is 341 Å². The molecule has 2 N–H and O–H groups in total. The van der Waals surface area contributed by atoms with Crippen molar-refractivity contribution in [2.24, 2.45) is 0 Å². The van der Waals surface area contributed by atoms with Gasteiger partial charge in [-0.1, -0.05) is 6.07 Å². The molecule has 2 amide bonds. The van der Waals surface area contributed by atoms with Crippen LogP contribution in [-0.4, -0.2) is 113 Å². The molecule has 2 aromatic heterocycles. The van der Waals surface area contributed by atoms with Gasteiger partial charge in [0.05, 0.1) is 45.5 Å². The highest BCUT2D eigenvalue weighted by molar-refractivity contribution is 7.23. The summed E-state index contributed by atoms with van der Waals surface area (Å²) < 4.78 is 134. The van der Waals surface area contributed by atoms with Gasteiger partial charge in [-0.2, -0.15) is 41.6 Å². The van der Waals surface area contributed by atoms with Crippen molar-refractivity contribution in [3.8, 4) is 23.2 Å². The number of hydrogen-bond acceptors (Lipinski definition) is 11. The molecule has 6 heterocycles. The van der Waals surface area contributed by atoms with Crippen molar-refractivity contribution in [1.82, 2.24) is 24.7 Å². The van der Waals surface area contributed by atoms with Crippen LogP contribution in [0.4, 0.5) is 50.7 Å². The fourth-order valence-electron chi connectivity index (χ4n) is 9.18. The maximum Gasteiger partial charge on any atom is 0.419 e. The van der Waals surface area contributed by atoms with Gasteiger partial charge < -0.3 is 29.9 Å². The summed E-state index contributed by atoms with van der Waals surface area (Å²) in [5.41, 5.74) is -2.04. The van der Waals surface area contributed by atoms with E-state index in [-0.39, 0.29) is 75.4 Å². The van der Waals surface area contributed by atoms with Crippen molar-refractivity contribution in [3.05, 3.63) is 40.7 Å². The number of benzene rings is 2. The van der Waals surface area contributed by atoms with E-state index < -0.39 is 103 Å². The number of alkyl halides is 7. The summed E-state index contributed by atoms with van der Waals surface area (Å²) in [4.78, 5) is 39.6. The van der Waals surface area contributed by atoms with Crippen LogP contribution in [0.25, 0.3) is 32.1 Å². The molecule has 8 rings (SSSR count). The molecule has 4 fully saturated rings. The number of nitrogens with two attached hydrogens (primary N) is 1. The van der Waals surface area contributed by atoms with Gasteiger partial charge in [0.1, 0.15) is 41.6 Å². The van der Waals surface area contributed by atoms with E-state index in [4.69, 9.17) is 15.2 Å². The molecule has 4 aromatic rings. The van der Waals surface area contributed by atoms with E-state index >= 15 is 30.7 Å². The van der Waals surface area contributed by atoms with E-state index in [1.807, 2.05) is 4.90 Å². The predicted octanol–water partition coefficient (Wildman–Crippen LogP) is 7.37. The van der Waals surface area contributed by atoms with Crippen molar-refractivity contribution in [3.63, 3.8) is 0 Å². The Morgan fingerprint density at radius 2 is 1.83 bits per heavy atom. The minimum Gasteiger partial charge on any atom is -0.461 e. The smallest absolute Gasteiger partial charge is 0.419 e. The first-order valence-electron chi connectivity index (χ1n) is 19.3. The van der Waals surface area contributed by atoms with E-state index in [9.17, 15) is 19.2 Å². The second kappa shape index (κ2) is 15.0. The van der Waals surface area contributed by atoms with Gasteiger partial charge in [-0.05, 0) is 50.4 Å². The van der Waals surface area contributed by atoms with Gasteiger partial charge >= 0.3 is 24.5 Å². The Balaban J connectivity index is 1.30. The highest BCUT2D eigenvalue weighted by Gasteiger charge is 2.50. The lowest BCUT2D eigenvalue weighted by Crippen LogP contribution is -2.55. The highest BCUT2D eigenvalue weighted by Crippen LogP contribution is 2.52. The Morgan fingerprint density at radius 1 is 1.08 bits per heavy atom. The second-order valence-corrected chi connectivity index (χ2v) is 16.7. The zero-order valence-electron chi connectivity index (χ0n) is 32.2. The van der Waals surface area contributed by atoms with Crippen LogP contribution in [0.5, 0.6) is 6.01 Å². The minimum atomic E-state index is -5.55. The number of hydrogen-bond donors (Lipinski definition) is 1. The summed E-state index contributed by atoms with van der Waals surface area (Å²) in [5, 5.41) is 8.47. The van der Waals surface area contributed by atoms with E-state index in [1.165, 1.54) is 21.6 Å². The number of carbonyl (C=O) groups is 2. The Hall–Kier alpha value is -5.23. The number of thiophene rings is 1. The summed E-state index contributed by atoms with van der Waals surface area (Å²) in [5.74, 6) is -1.52. The van der Waals surface area contributed by atoms with Crippen LogP contribution in [0.2, 0.25) is 0 Å². The molecule has 60 heavy (non-hydrogen) atoms. The number of fused-ring (bicyclic) bond motifs is 3. The van der Waals surface area contributed by atoms with Crippen molar-refractivity contribution >= 4 is 55.1 Å². The third kappa shape index (κ3) is 7.14. The molecule has 4 aliphatic rings. The number of nitrogen functional groups attached to an aromatic ring is 1. The summed E-state index contributed by atoms with van der Waals surface area (Å²) in [6.45, 7) is 4.02. The highest BCUT2D eigenvalue weighted by atomic mass is 32.1. The Morgan fingerprint density at radius 3 is 2.50 bits per heavy atom. The fraction of sp³-hybridized carbons (Fsp3) is 0.513. The third-order valence-electron chi connectivity index (χ3n) is 12.0. The molecule has 4 saturated heterocycles. The zero-order valence-corrected chi connectivity index (χ0v) is 33.0.